The van der Waals surface area contributed by atoms with E-state index in [1.54, 1.807) is 0 Å². The molecule has 1 aromatic carbocycles. The molecule has 1 aromatic heterocycles. The van der Waals surface area contributed by atoms with E-state index < -0.39 is 5.25 Å². The molecule has 3 rings (SSSR count). The Labute approximate surface area is 102 Å². The van der Waals surface area contributed by atoms with Crippen molar-refractivity contribution in [2.45, 2.75) is 5.25 Å². The molecule has 1 fully saturated rings. The predicted molar refractivity (Wildman–Crippen MR) is 66.8 cm³/mol. The highest BCUT2D eigenvalue weighted by molar-refractivity contribution is 8.15. The molecule has 4 nitrogen and oxygen atoms in total. The van der Waals surface area contributed by atoms with Crippen molar-refractivity contribution in [3.63, 3.8) is 0 Å². The van der Waals surface area contributed by atoms with Crippen LogP contribution in [0.4, 0.5) is 4.79 Å². The quantitative estimate of drug-likeness (QED) is 0.839. The molecule has 0 aliphatic carbocycles. The van der Waals surface area contributed by atoms with Crippen molar-refractivity contribution >= 4 is 33.8 Å². The number of hydrogen-bond donors (Lipinski definition) is 1. The largest absolute Gasteiger partial charge is 0.350 e. The number of para-hydroxylation sites is 1. The fourth-order valence-corrected chi connectivity index (χ4v) is 3.00. The smallest absolute Gasteiger partial charge is 0.286 e. The maximum absolute atomic E-state index is 11.7. The molecule has 0 saturated carbocycles. The van der Waals surface area contributed by atoms with Gasteiger partial charge in [0.1, 0.15) is 5.25 Å². The number of amides is 2. The van der Waals surface area contributed by atoms with E-state index in [-0.39, 0.29) is 11.1 Å². The van der Waals surface area contributed by atoms with Crippen LogP contribution in [0.2, 0.25) is 0 Å². The van der Waals surface area contributed by atoms with Gasteiger partial charge in [0.25, 0.3) is 5.24 Å². The zero-order valence-electron chi connectivity index (χ0n) is 9.14. The SMILES string of the molecule is Cn1cc([C@H]2SC(=O)NC2=O)c2ccccc21. The number of imide groups is 1. The normalized spacial score (nSPS) is 19.9. The van der Waals surface area contributed by atoms with Gasteiger partial charge in [-0.2, -0.15) is 0 Å². The van der Waals surface area contributed by atoms with Gasteiger partial charge in [0.05, 0.1) is 0 Å². The molecule has 1 aliphatic heterocycles. The fourth-order valence-electron chi connectivity index (χ4n) is 2.14. The van der Waals surface area contributed by atoms with Crippen molar-refractivity contribution in [1.82, 2.24) is 9.88 Å². The zero-order chi connectivity index (χ0) is 12.0. The van der Waals surface area contributed by atoms with E-state index in [0.29, 0.717) is 0 Å². The molecule has 0 unspecified atom stereocenters. The molecule has 5 heteroatoms. The van der Waals surface area contributed by atoms with Gasteiger partial charge in [0, 0.05) is 29.7 Å². The number of benzene rings is 1. The average Bonchev–Trinajstić information content (AvgIpc) is 2.80. The summed E-state index contributed by atoms with van der Waals surface area (Å²) in [5, 5.41) is 2.65. The molecule has 0 radical (unpaired) electrons. The Hall–Kier alpha value is -1.75. The van der Waals surface area contributed by atoms with Crippen LogP contribution in [-0.2, 0) is 11.8 Å². The van der Waals surface area contributed by atoms with E-state index in [0.717, 1.165) is 28.2 Å². The Morgan fingerprint density at radius 3 is 2.76 bits per heavy atom. The summed E-state index contributed by atoms with van der Waals surface area (Å²) in [5.41, 5.74) is 1.96. The van der Waals surface area contributed by atoms with Crippen molar-refractivity contribution in [2.75, 3.05) is 0 Å². The topological polar surface area (TPSA) is 51.1 Å². The second-order valence-corrected chi connectivity index (χ2v) is 5.06. The van der Waals surface area contributed by atoms with Gasteiger partial charge >= 0.3 is 0 Å². The summed E-state index contributed by atoms with van der Waals surface area (Å²) in [5.74, 6) is -0.226. The molecule has 2 amide bonds. The van der Waals surface area contributed by atoms with Gasteiger partial charge in [-0.05, 0) is 17.8 Å². The third-order valence-corrected chi connectivity index (χ3v) is 3.92. The summed E-state index contributed by atoms with van der Waals surface area (Å²) in [7, 11) is 1.94. The van der Waals surface area contributed by atoms with Gasteiger partial charge < -0.3 is 4.57 Å². The number of carbonyl (C=O) groups is 2. The molecule has 0 spiro atoms. The van der Waals surface area contributed by atoms with Crippen molar-refractivity contribution < 1.29 is 9.59 Å². The van der Waals surface area contributed by atoms with Gasteiger partial charge in [-0.15, -0.1) is 0 Å². The molecule has 2 aromatic rings. The number of carbonyl (C=O) groups excluding carboxylic acids is 2. The molecule has 1 saturated heterocycles. The Morgan fingerprint density at radius 1 is 1.29 bits per heavy atom. The molecule has 86 valence electrons. The first-order chi connectivity index (χ1) is 8.16. The van der Waals surface area contributed by atoms with Crippen molar-refractivity contribution in [3.8, 4) is 0 Å². The van der Waals surface area contributed by atoms with E-state index >= 15 is 0 Å². The van der Waals surface area contributed by atoms with Crippen LogP contribution < -0.4 is 5.32 Å². The lowest BCUT2D eigenvalue weighted by atomic mass is 10.1. The van der Waals surface area contributed by atoms with E-state index in [4.69, 9.17) is 0 Å². The lowest BCUT2D eigenvalue weighted by Gasteiger charge is -2.02. The fraction of sp³-hybridized carbons (Fsp3) is 0.167. The second kappa shape index (κ2) is 3.63. The molecule has 0 bridgehead atoms. The van der Waals surface area contributed by atoms with Gasteiger partial charge in [-0.1, -0.05) is 18.2 Å². The molecular weight excluding hydrogens is 236 g/mol. The number of nitrogens with one attached hydrogen (secondary N) is 1. The van der Waals surface area contributed by atoms with Crippen LogP contribution in [0.3, 0.4) is 0 Å². The van der Waals surface area contributed by atoms with Crippen LogP contribution in [0.25, 0.3) is 10.9 Å². The summed E-state index contributed by atoms with van der Waals surface area (Å²) in [6.07, 6.45) is 1.92. The van der Waals surface area contributed by atoms with Gasteiger partial charge in [0.2, 0.25) is 5.91 Å². The molecule has 1 atom stereocenters. The Kier molecular flexibility index (Phi) is 2.22. The first-order valence-corrected chi connectivity index (χ1v) is 6.10. The number of fused-ring (bicyclic) bond motifs is 1. The molecule has 1 aliphatic rings. The standard InChI is InChI=1S/C12H10N2O2S/c1-14-6-8(7-4-2-3-5-9(7)14)10-11(15)13-12(16)17-10/h2-6,10H,1H3,(H,13,15,16)/t10-/m1/s1. The van der Waals surface area contributed by atoms with E-state index in [2.05, 4.69) is 5.32 Å². The number of aromatic nitrogens is 1. The minimum Gasteiger partial charge on any atom is -0.350 e. The first-order valence-electron chi connectivity index (χ1n) is 5.22. The maximum atomic E-state index is 11.7. The number of nitrogens with zero attached hydrogens (tertiary/aromatic N) is 1. The number of hydrogen-bond acceptors (Lipinski definition) is 3. The van der Waals surface area contributed by atoms with Crippen LogP contribution in [0.15, 0.2) is 30.5 Å². The summed E-state index contributed by atoms with van der Waals surface area (Å²) >= 11 is 1.04. The Morgan fingerprint density at radius 2 is 2.06 bits per heavy atom. The van der Waals surface area contributed by atoms with Crippen LogP contribution in [0.1, 0.15) is 10.8 Å². The lowest BCUT2D eigenvalue weighted by Crippen LogP contribution is -2.20. The van der Waals surface area contributed by atoms with Crippen LogP contribution in [0.5, 0.6) is 0 Å². The molecule has 1 N–H and O–H groups in total. The minimum absolute atomic E-state index is 0.226. The van der Waals surface area contributed by atoms with E-state index in [9.17, 15) is 9.59 Å². The van der Waals surface area contributed by atoms with Crippen LogP contribution in [0, 0.1) is 0 Å². The summed E-state index contributed by atoms with van der Waals surface area (Å²) in [6, 6.07) is 7.86. The molecule has 2 heterocycles. The third kappa shape index (κ3) is 1.54. The van der Waals surface area contributed by atoms with Crippen LogP contribution in [-0.4, -0.2) is 15.7 Å². The average molecular weight is 246 g/mol. The molecule has 17 heavy (non-hydrogen) atoms. The van der Waals surface area contributed by atoms with E-state index in [1.807, 2.05) is 42.1 Å². The number of thioether (sulfide) groups is 1. The van der Waals surface area contributed by atoms with Crippen molar-refractivity contribution in [1.29, 1.82) is 0 Å². The minimum atomic E-state index is -0.423. The summed E-state index contributed by atoms with van der Waals surface area (Å²) in [4.78, 5) is 22.9. The lowest BCUT2D eigenvalue weighted by molar-refractivity contribution is -0.119. The number of rotatable bonds is 1. The van der Waals surface area contributed by atoms with Gasteiger partial charge in [0.15, 0.2) is 0 Å². The zero-order valence-corrected chi connectivity index (χ0v) is 9.95. The Bertz CT molecular complexity index is 632. The maximum Gasteiger partial charge on any atom is 0.286 e. The summed E-state index contributed by atoms with van der Waals surface area (Å²) < 4.78 is 1.97. The first kappa shape index (κ1) is 10.4. The monoisotopic (exact) mass is 246 g/mol. The highest BCUT2D eigenvalue weighted by Gasteiger charge is 2.34. The summed E-state index contributed by atoms with van der Waals surface area (Å²) in [6.45, 7) is 0. The van der Waals surface area contributed by atoms with Crippen LogP contribution >= 0.6 is 11.8 Å². The molecular formula is C12H10N2O2S. The Balaban J connectivity index is 2.18. The van der Waals surface area contributed by atoms with Crippen molar-refractivity contribution in [2.24, 2.45) is 7.05 Å². The van der Waals surface area contributed by atoms with Gasteiger partial charge in [-0.3, -0.25) is 14.9 Å². The third-order valence-electron chi connectivity index (χ3n) is 2.90. The highest BCUT2D eigenvalue weighted by Crippen LogP contribution is 2.38. The van der Waals surface area contributed by atoms with Crippen molar-refractivity contribution in [3.05, 3.63) is 36.0 Å². The predicted octanol–water partition coefficient (Wildman–Crippen LogP) is 2.20. The second-order valence-electron chi connectivity index (χ2n) is 3.99. The highest BCUT2D eigenvalue weighted by atomic mass is 32.2. The van der Waals surface area contributed by atoms with E-state index in [1.165, 1.54) is 0 Å². The van der Waals surface area contributed by atoms with Gasteiger partial charge in [-0.25, -0.2) is 0 Å². The number of aryl methyl sites for hydroxylation is 1.